The van der Waals surface area contributed by atoms with Gasteiger partial charge in [-0.05, 0) is 19.3 Å². The Hall–Kier alpha value is -0.0800. The summed E-state index contributed by atoms with van der Waals surface area (Å²) in [6, 6.07) is 0.582. The highest BCUT2D eigenvalue weighted by Crippen LogP contribution is 2.27. The SMILES string of the molecule is CCCC1(CCC)N[C@H](CC)CO1. The quantitative estimate of drug-likeness (QED) is 0.711. The Morgan fingerprint density at radius 1 is 1.23 bits per heavy atom. The molecule has 0 spiro atoms. The maximum atomic E-state index is 5.91. The van der Waals surface area contributed by atoms with Crippen LogP contribution in [-0.2, 0) is 4.74 Å². The lowest BCUT2D eigenvalue weighted by molar-refractivity contribution is -0.0249. The third kappa shape index (κ3) is 2.68. The Morgan fingerprint density at radius 2 is 1.85 bits per heavy atom. The highest BCUT2D eigenvalue weighted by atomic mass is 16.5. The number of rotatable bonds is 5. The van der Waals surface area contributed by atoms with Crippen LogP contribution in [0.1, 0.15) is 52.9 Å². The van der Waals surface area contributed by atoms with Gasteiger partial charge in [0, 0.05) is 6.04 Å². The van der Waals surface area contributed by atoms with Crippen LogP contribution in [-0.4, -0.2) is 18.4 Å². The molecule has 0 radical (unpaired) electrons. The lowest BCUT2D eigenvalue weighted by Gasteiger charge is -2.28. The van der Waals surface area contributed by atoms with Gasteiger partial charge in [0.05, 0.1) is 6.61 Å². The zero-order valence-electron chi connectivity index (χ0n) is 9.23. The summed E-state index contributed by atoms with van der Waals surface area (Å²) in [7, 11) is 0. The molecular formula is C11H23NO. The minimum absolute atomic E-state index is 0.0180. The first-order valence-corrected chi connectivity index (χ1v) is 5.68. The minimum Gasteiger partial charge on any atom is -0.359 e. The smallest absolute Gasteiger partial charge is 0.119 e. The molecule has 0 aromatic heterocycles. The highest BCUT2D eigenvalue weighted by molar-refractivity contribution is 4.87. The van der Waals surface area contributed by atoms with E-state index in [2.05, 4.69) is 26.1 Å². The zero-order chi connectivity index (χ0) is 9.73. The van der Waals surface area contributed by atoms with Gasteiger partial charge in [0.25, 0.3) is 0 Å². The van der Waals surface area contributed by atoms with Gasteiger partial charge in [-0.15, -0.1) is 0 Å². The van der Waals surface area contributed by atoms with Gasteiger partial charge < -0.3 is 4.74 Å². The average molecular weight is 185 g/mol. The molecule has 1 aliphatic rings. The summed E-state index contributed by atoms with van der Waals surface area (Å²) >= 11 is 0. The number of hydrogen-bond acceptors (Lipinski definition) is 2. The fourth-order valence-electron chi connectivity index (χ4n) is 2.16. The average Bonchev–Trinajstić information content (AvgIpc) is 2.50. The number of hydrogen-bond donors (Lipinski definition) is 1. The molecule has 0 aromatic carbocycles. The summed E-state index contributed by atoms with van der Waals surface area (Å²) in [5, 5.41) is 3.63. The van der Waals surface area contributed by atoms with Crippen molar-refractivity contribution in [1.82, 2.24) is 5.32 Å². The van der Waals surface area contributed by atoms with E-state index >= 15 is 0 Å². The lowest BCUT2D eigenvalue weighted by atomic mass is 10.0. The molecule has 0 unspecified atom stereocenters. The summed E-state index contributed by atoms with van der Waals surface area (Å²) in [5.41, 5.74) is 0.0180. The lowest BCUT2D eigenvalue weighted by Crippen LogP contribution is -2.43. The Bertz CT molecular complexity index is 141. The minimum atomic E-state index is 0.0180. The van der Waals surface area contributed by atoms with E-state index in [0.29, 0.717) is 6.04 Å². The Kier molecular flexibility index (Phi) is 4.20. The van der Waals surface area contributed by atoms with Crippen LogP contribution in [0.2, 0.25) is 0 Å². The van der Waals surface area contributed by atoms with Crippen molar-refractivity contribution in [2.24, 2.45) is 0 Å². The molecule has 0 bridgehead atoms. The predicted octanol–water partition coefficient (Wildman–Crippen LogP) is 2.68. The Balaban J connectivity index is 2.49. The molecule has 1 N–H and O–H groups in total. The van der Waals surface area contributed by atoms with Crippen LogP contribution < -0.4 is 5.32 Å². The van der Waals surface area contributed by atoms with E-state index < -0.39 is 0 Å². The Labute approximate surface area is 82.0 Å². The van der Waals surface area contributed by atoms with E-state index in [1.54, 1.807) is 0 Å². The zero-order valence-corrected chi connectivity index (χ0v) is 9.23. The first-order valence-electron chi connectivity index (χ1n) is 5.68. The normalized spacial score (nSPS) is 26.5. The molecule has 1 aliphatic heterocycles. The van der Waals surface area contributed by atoms with Gasteiger partial charge >= 0.3 is 0 Å². The van der Waals surface area contributed by atoms with E-state index in [9.17, 15) is 0 Å². The molecule has 1 atom stereocenters. The topological polar surface area (TPSA) is 21.3 Å². The second kappa shape index (κ2) is 4.97. The van der Waals surface area contributed by atoms with Crippen LogP contribution in [0.4, 0.5) is 0 Å². The maximum absolute atomic E-state index is 5.91. The van der Waals surface area contributed by atoms with E-state index in [1.807, 2.05) is 0 Å². The van der Waals surface area contributed by atoms with Gasteiger partial charge in [-0.25, -0.2) is 0 Å². The molecule has 1 rings (SSSR count). The highest BCUT2D eigenvalue weighted by Gasteiger charge is 2.36. The van der Waals surface area contributed by atoms with Crippen molar-refractivity contribution < 1.29 is 4.74 Å². The second-order valence-electron chi connectivity index (χ2n) is 4.05. The molecule has 0 aliphatic carbocycles. The molecule has 13 heavy (non-hydrogen) atoms. The van der Waals surface area contributed by atoms with Gasteiger partial charge in [0.1, 0.15) is 5.72 Å². The van der Waals surface area contributed by atoms with E-state index in [-0.39, 0.29) is 5.72 Å². The molecule has 0 amide bonds. The second-order valence-corrected chi connectivity index (χ2v) is 4.05. The molecule has 0 aromatic rings. The molecule has 1 heterocycles. The van der Waals surface area contributed by atoms with Gasteiger partial charge in [0.2, 0.25) is 0 Å². The van der Waals surface area contributed by atoms with E-state index in [0.717, 1.165) is 19.4 Å². The number of ether oxygens (including phenoxy) is 1. The molecule has 1 saturated heterocycles. The van der Waals surface area contributed by atoms with Gasteiger partial charge in [-0.3, -0.25) is 5.32 Å². The van der Waals surface area contributed by atoms with Crippen LogP contribution in [0.3, 0.4) is 0 Å². The van der Waals surface area contributed by atoms with Crippen LogP contribution in [0, 0.1) is 0 Å². The van der Waals surface area contributed by atoms with Gasteiger partial charge in [-0.1, -0.05) is 33.6 Å². The summed E-state index contributed by atoms with van der Waals surface area (Å²) in [5.74, 6) is 0. The summed E-state index contributed by atoms with van der Waals surface area (Å²) in [6.07, 6.45) is 5.87. The monoisotopic (exact) mass is 185 g/mol. The van der Waals surface area contributed by atoms with Crippen molar-refractivity contribution in [3.8, 4) is 0 Å². The van der Waals surface area contributed by atoms with E-state index in [1.165, 1.54) is 19.3 Å². The predicted molar refractivity (Wildman–Crippen MR) is 55.7 cm³/mol. The molecule has 2 heteroatoms. The number of nitrogens with one attached hydrogen (secondary N) is 1. The standard InChI is InChI=1S/C11H23NO/c1-4-7-11(8-5-2)12-10(6-3)9-13-11/h10,12H,4-9H2,1-3H3/t10-/m1/s1. The van der Waals surface area contributed by atoms with Crippen LogP contribution in [0.15, 0.2) is 0 Å². The molecular weight excluding hydrogens is 162 g/mol. The first kappa shape index (κ1) is 11.0. The summed E-state index contributed by atoms with van der Waals surface area (Å²) in [4.78, 5) is 0. The van der Waals surface area contributed by atoms with Crippen molar-refractivity contribution in [3.05, 3.63) is 0 Å². The largest absolute Gasteiger partial charge is 0.359 e. The summed E-state index contributed by atoms with van der Waals surface area (Å²) in [6.45, 7) is 7.56. The summed E-state index contributed by atoms with van der Waals surface area (Å²) < 4.78 is 5.91. The fourth-order valence-corrected chi connectivity index (χ4v) is 2.16. The maximum Gasteiger partial charge on any atom is 0.119 e. The van der Waals surface area contributed by atoms with Crippen molar-refractivity contribution >= 4 is 0 Å². The third-order valence-electron chi connectivity index (χ3n) is 2.83. The molecule has 1 fully saturated rings. The van der Waals surface area contributed by atoms with Crippen LogP contribution in [0.5, 0.6) is 0 Å². The van der Waals surface area contributed by atoms with E-state index in [4.69, 9.17) is 4.74 Å². The molecule has 2 nitrogen and oxygen atoms in total. The Morgan fingerprint density at radius 3 is 2.23 bits per heavy atom. The first-order chi connectivity index (χ1) is 6.26. The van der Waals surface area contributed by atoms with Crippen LogP contribution in [0.25, 0.3) is 0 Å². The molecule has 0 saturated carbocycles. The van der Waals surface area contributed by atoms with Crippen LogP contribution >= 0.6 is 0 Å². The van der Waals surface area contributed by atoms with Gasteiger partial charge in [-0.2, -0.15) is 0 Å². The van der Waals surface area contributed by atoms with Crippen molar-refractivity contribution in [3.63, 3.8) is 0 Å². The van der Waals surface area contributed by atoms with Crippen molar-refractivity contribution in [1.29, 1.82) is 0 Å². The third-order valence-corrected chi connectivity index (χ3v) is 2.83. The fraction of sp³-hybridized carbons (Fsp3) is 1.00. The molecule has 78 valence electrons. The van der Waals surface area contributed by atoms with Crippen molar-refractivity contribution in [2.45, 2.75) is 64.6 Å². The van der Waals surface area contributed by atoms with Gasteiger partial charge in [0.15, 0.2) is 0 Å². The van der Waals surface area contributed by atoms with Crippen molar-refractivity contribution in [2.75, 3.05) is 6.61 Å².